The van der Waals surface area contributed by atoms with Gasteiger partial charge in [0.15, 0.2) is 12.4 Å². The van der Waals surface area contributed by atoms with Crippen molar-refractivity contribution in [3.05, 3.63) is 74.3 Å². The Morgan fingerprint density at radius 2 is 1.76 bits per heavy atom. The van der Waals surface area contributed by atoms with Crippen molar-refractivity contribution in [1.82, 2.24) is 0 Å². The van der Waals surface area contributed by atoms with Gasteiger partial charge < -0.3 is 10.5 Å². The van der Waals surface area contributed by atoms with Crippen molar-refractivity contribution in [3.8, 4) is 0 Å². The lowest BCUT2D eigenvalue weighted by atomic mass is 9.98. The molecule has 0 aliphatic rings. The minimum absolute atomic E-state index is 0.0220. The molecular weight excluding hydrogens is 352 g/mol. The number of carbonyl (C=O) groups excluding carboxylic acids is 3. The van der Waals surface area contributed by atoms with Crippen LogP contribution in [-0.4, -0.2) is 29.2 Å². The first-order valence-corrected chi connectivity index (χ1v) is 7.22. The van der Waals surface area contributed by atoms with Gasteiger partial charge in [0.05, 0.1) is 10.5 Å². The second kappa shape index (κ2) is 7.54. The van der Waals surface area contributed by atoms with E-state index >= 15 is 0 Å². The number of hydrogen-bond donors (Lipinski definition) is 1. The van der Waals surface area contributed by atoms with Crippen molar-refractivity contribution in [2.45, 2.75) is 0 Å². The molecule has 2 aromatic rings. The molecule has 2 N–H and O–H groups in total. The van der Waals surface area contributed by atoms with Gasteiger partial charge >= 0.3 is 5.97 Å². The Morgan fingerprint density at radius 1 is 1.12 bits per heavy atom. The van der Waals surface area contributed by atoms with Crippen LogP contribution in [0.3, 0.4) is 0 Å². The molecule has 0 bridgehead atoms. The Labute approximate surface area is 146 Å². The lowest BCUT2D eigenvalue weighted by Crippen LogP contribution is -2.22. The summed E-state index contributed by atoms with van der Waals surface area (Å²) in [5.74, 6) is -2.39. The third kappa shape index (κ3) is 4.18. The van der Waals surface area contributed by atoms with Gasteiger partial charge in [-0.05, 0) is 18.2 Å². The third-order valence-electron chi connectivity index (χ3n) is 3.14. The zero-order valence-electron chi connectivity index (χ0n) is 12.6. The van der Waals surface area contributed by atoms with Crippen LogP contribution < -0.4 is 5.73 Å². The van der Waals surface area contributed by atoms with E-state index in [4.69, 9.17) is 22.1 Å². The molecule has 8 nitrogen and oxygen atoms in total. The summed E-state index contributed by atoms with van der Waals surface area (Å²) in [5, 5.41) is 10.8. The molecule has 2 rings (SSSR count). The van der Waals surface area contributed by atoms with E-state index in [2.05, 4.69) is 0 Å². The van der Waals surface area contributed by atoms with Gasteiger partial charge in [0.2, 0.25) is 0 Å². The monoisotopic (exact) mass is 362 g/mol. The summed E-state index contributed by atoms with van der Waals surface area (Å²) >= 11 is 5.72. The van der Waals surface area contributed by atoms with E-state index in [9.17, 15) is 24.5 Å². The number of nitro groups is 1. The van der Waals surface area contributed by atoms with E-state index in [0.717, 1.165) is 6.07 Å². The van der Waals surface area contributed by atoms with E-state index < -0.39 is 34.9 Å². The van der Waals surface area contributed by atoms with Gasteiger partial charge in [0.1, 0.15) is 5.02 Å². The van der Waals surface area contributed by atoms with Crippen LogP contribution in [0.4, 0.5) is 5.69 Å². The number of ketones is 1. The maximum absolute atomic E-state index is 12.6. The molecule has 0 aliphatic heterocycles. The minimum atomic E-state index is -0.911. The van der Waals surface area contributed by atoms with Gasteiger partial charge in [-0.25, -0.2) is 4.79 Å². The van der Waals surface area contributed by atoms with Crippen molar-refractivity contribution in [3.63, 3.8) is 0 Å². The number of benzene rings is 2. The Balaban J connectivity index is 2.41. The van der Waals surface area contributed by atoms with Crippen molar-refractivity contribution in [2.75, 3.05) is 6.61 Å². The third-order valence-corrected chi connectivity index (χ3v) is 3.46. The molecule has 0 radical (unpaired) electrons. The number of amides is 1. The second-order valence-corrected chi connectivity index (χ2v) is 5.25. The molecule has 0 atom stereocenters. The van der Waals surface area contributed by atoms with E-state index in [1.807, 2.05) is 0 Å². The fourth-order valence-electron chi connectivity index (χ4n) is 2.02. The Bertz CT molecular complexity index is 881. The fraction of sp³-hybridized carbons (Fsp3) is 0.0625. The summed E-state index contributed by atoms with van der Waals surface area (Å²) in [7, 11) is 0. The summed E-state index contributed by atoms with van der Waals surface area (Å²) in [5.41, 5.74) is 4.33. The van der Waals surface area contributed by atoms with Gasteiger partial charge in [0.25, 0.3) is 11.6 Å². The topological polar surface area (TPSA) is 130 Å². The molecule has 0 saturated carbocycles. The number of rotatable bonds is 6. The molecule has 0 aromatic heterocycles. The van der Waals surface area contributed by atoms with Gasteiger partial charge in [0, 0.05) is 17.2 Å². The number of carbonyl (C=O) groups is 3. The lowest BCUT2D eigenvalue weighted by molar-refractivity contribution is -0.384. The number of nitro benzene ring substituents is 1. The molecule has 0 heterocycles. The zero-order chi connectivity index (χ0) is 18.6. The van der Waals surface area contributed by atoms with E-state index in [0.29, 0.717) is 0 Å². The Morgan fingerprint density at radius 3 is 2.36 bits per heavy atom. The number of halogens is 1. The first kappa shape index (κ1) is 18.1. The van der Waals surface area contributed by atoms with Crippen LogP contribution >= 0.6 is 11.6 Å². The average molecular weight is 363 g/mol. The number of nitrogens with two attached hydrogens (primary N) is 1. The zero-order valence-corrected chi connectivity index (χ0v) is 13.4. The van der Waals surface area contributed by atoms with Crippen LogP contribution in [0.25, 0.3) is 0 Å². The highest BCUT2D eigenvalue weighted by molar-refractivity contribution is 6.33. The number of nitrogens with zero attached hydrogens (tertiary/aromatic N) is 1. The van der Waals surface area contributed by atoms with Gasteiger partial charge in [-0.2, -0.15) is 0 Å². The highest BCUT2D eigenvalue weighted by Crippen LogP contribution is 2.26. The van der Waals surface area contributed by atoms with Crippen molar-refractivity contribution in [2.24, 2.45) is 5.73 Å². The minimum Gasteiger partial charge on any atom is -0.452 e. The summed E-state index contributed by atoms with van der Waals surface area (Å²) in [6, 6.07) is 9.27. The highest BCUT2D eigenvalue weighted by atomic mass is 35.5. The summed E-state index contributed by atoms with van der Waals surface area (Å²) in [4.78, 5) is 45.6. The Hall–Kier alpha value is -3.26. The molecule has 0 fully saturated rings. The highest BCUT2D eigenvalue weighted by Gasteiger charge is 2.22. The summed E-state index contributed by atoms with van der Waals surface area (Å²) in [6.45, 7) is -0.631. The first-order valence-electron chi connectivity index (χ1n) is 6.84. The predicted molar refractivity (Wildman–Crippen MR) is 87.5 cm³/mol. The molecule has 0 spiro atoms. The SMILES string of the molecule is NC(=O)COC(=O)c1ccccc1C(=O)c1ccc(Cl)c([N+](=O)[O-])c1. The van der Waals surface area contributed by atoms with Crippen molar-refractivity contribution >= 4 is 34.9 Å². The molecule has 1 amide bonds. The van der Waals surface area contributed by atoms with Crippen LogP contribution in [0.5, 0.6) is 0 Å². The second-order valence-electron chi connectivity index (χ2n) is 4.84. The van der Waals surface area contributed by atoms with Crippen molar-refractivity contribution in [1.29, 1.82) is 0 Å². The molecule has 9 heteroatoms. The van der Waals surface area contributed by atoms with Gasteiger partial charge in [-0.3, -0.25) is 19.7 Å². The molecular formula is C16H11ClN2O6. The van der Waals surface area contributed by atoms with Crippen molar-refractivity contribution < 1.29 is 24.0 Å². The smallest absolute Gasteiger partial charge is 0.339 e. The molecule has 0 aliphatic carbocycles. The van der Waals surface area contributed by atoms with Crippen LogP contribution in [0.1, 0.15) is 26.3 Å². The van der Waals surface area contributed by atoms with Gasteiger partial charge in [-0.1, -0.05) is 29.8 Å². The van der Waals surface area contributed by atoms with Crippen LogP contribution in [0.15, 0.2) is 42.5 Å². The van der Waals surface area contributed by atoms with E-state index in [1.54, 1.807) is 0 Å². The van der Waals surface area contributed by atoms with Crippen LogP contribution in [-0.2, 0) is 9.53 Å². The van der Waals surface area contributed by atoms with Gasteiger partial charge in [-0.15, -0.1) is 0 Å². The Kier molecular flexibility index (Phi) is 5.45. The number of ether oxygens (including phenoxy) is 1. The fourth-order valence-corrected chi connectivity index (χ4v) is 2.21. The normalized spacial score (nSPS) is 10.1. The number of hydrogen-bond acceptors (Lipinski definition) is 6. The maximum Gasteiger partial charge on any atom is 0.339 e. The number of esters is 1. The summed E-state index contributed by atoms with van der Waals surface area (Å²) < 4.78 is 4.70. The molecule has 0 unspecified atom stereocenters. The van der Waals surface area contributed by atoms with Crippen LogP contribution in [0, 0.1) is 10.1 Å². The quantitative estimate of drug-likeness (QED) is 0.362. The first-order chi connectivity index (χ1) is 11.8. The molecule has 128 valence electrons. The van der Waals surface area contributed by atoms with Crippen LogP contribution in [0.2, 0.25) is 5.02 Å². The van der Waals surface area contributed by atoms with E-state index in [-0.39, 0.29) is 21.7 Å². The maximum atomic E-state index is 12.6. The van der Waals surface area contributed by atoms with E-state index in [1.165, 1.54) is 36.4 Å². The number of primary amides is 1. The molecule has 25 heavy (non-hydrogen) atoms. The molecule has 2 aromatic carbocycles. The summed E-state index contributed by atoms with van der Waals surface area (Å²) in [6.07, 6.45) is 0. The standard InChI is InChI=1S/C16H11ClN2O6/c17-12-6-5-9(7-13(12)19(23)24)15(21)10-3-1-2-4-11(10)16(22)25-8-14(18)20/h1-7H,8H2,(H2,18,20). The average Bonchev–Trinajstić information content (AvgIpc) is 2.59. The molecule has 0 saturated heterocycles. The lowest BCUT2D eigenvalue weighted by Gasteiger charge is -2.08. The largest absolute Gasteiger partial charge is 0.452 e. The predicted octanol–water partition coefficient (Wildman–Crippen LogP) is 2.12.